The second-order valence-electron chi connectivity index (χ2n) is 3.08. The Morgan fingerprint density at radius 3 is 2.57 bits per heavy atom. The molecule has 3 heteroatoms. The van der Waals surface area contributed by atoms with Crippen molar-refractivity contribution in [3.8, 4) is 5.75 Å². The molecule has 0 saturated heterocycles. The van der Waals surface area contributed by atoms with E-state index in [9.17, 15) is 4.79 Å². The van der Waals surface area contributed by atoms with Gasteiger partial charge in [0.2, 0.25) is 0 Å². The van der Waals surface area contributed by atoms with Crippen LogP contribution in [0, 0.1) is 13.8 Å². The Labute approximate surface area is 88.8 Å². The maximum atomic E-state index is 10.8. The molecule has 1 rings (SSSR count). The van der Waals surface area contributed by atoms with Gasteiger partial charge in [-0.2, -0.15) is 0 Å². The molecule has 2 nitrogen and oxygen atoms in total. The van der Waals surface area contributed by atoms with Gasteiger partial charge in [0.25, 0.3) is 0 Å². The largest absolute Gasteiger partial charge is 0.493 e. The van der Waals surface area contributed by atoms with Crippen LogP contribution in [0.15, 0.2) is 6.07 Å². The maximum Gasteiger partial charge on any atom is 0.153 e. The zero-order valence-corrected chi connectivity index (χ0v) is 9.31. The third-order valence-corrected chi connectivity index (χ3v) is 2.61. The summed E-state index contributed by atoms with van der Waals surface area (Å²) in [6, 6.07) is 1.64. The van der Waals surface area contributed by atoms with Crippen molar-refractivity contribution in [2.45, 2.75) is 20.8 Å². The predicted octanol–water partition coefficient (Wildman–Crippen LogP) is 3.17. The second-order valence-corrected chi connectivity index (χ2v) is 3.48. The van der Waals surface area contributed by atoms with Crippen LogP contribution in [0.5, 0.6) is 5.75 Å². The van der Waals surface area contributed by atoms with Gasteiger partial charge in [0, 0.05) is 5.02 Å². The number of aldehydes is 1. The van der Waals surface area contributed by atoms with Gasteiger partial charge in [0.1, 0.15) is 5.75 Å². The zero-order valence-electron chi connectivity index (χ0n) is 8.56. The molecular formula is C11H13ClO2. The van der Waals surface area contributed by atoms with Crippen LogP contribution >= 0.6 is 11.6 Å². The van der Waals surface area contributed by atoms with Crippen molar-refractivity contribution in [2.75, 3.05) is 6.61 Å². The van der Waals surface area contributed by atoms with E-state index in [4.69, 9.17) is 16.3 Å². The van der Waals surface area contributed by atoms with Crippen LogP contribution in [-0.2, 0) is 0 Å². The van der Waals surface area contributed by atoms with E-state index in [0.717, 1.165) is 17.4 Å². The topological polar surface area (TPSA) is 26.3 Å². The van der Waals surface area contributed by atoms with Crippen LogP contribution in [0.3, 0.4) is 0 Å². The number of benzene rings is 1. The zero-order chi connectivity index (χ0) is 10.7. The molecule has 0 aliphatic rings. The standard InChI is InChI=1S/C11H13ClO2/c1-4-14-11-8(3)7(2)10(12)5-9(11)6-13/h5-6H,4H2,1-3H3. The van der Waals surface area contributed by atoms with Crippen LogP contribution in [0.1, 0.15) is 28.4 Å². The molecule has 76 valence electrons. The lowest BCUT2D eigenvalue weighted by molar-refractivity contribution is 0.111. The van der Waals surface area contributed by atoms with Gasteiger partial charge in [-0.3, -0.25) is 4.79 Å². The molecule has 0 aliphatic carbocycles. The van der Waals surface area contributed by atoms with E-state index < -0.39 is 0 Å². The number of hydrogen-bond donors (Lipinski definition) is 0. The first-order valence-electron chi connectivity index (χ1n) is 4.49. The van der Waals surface area contributed by atoms with Crippen LogP contribution < -0.4 is 4.74 Å². The Bertz CT molecular complexity index is 359. The van der Waals surface area contributed by atoms with Crippen molar-refractivity contribution in [3.05, 3.63) is 27.8 Å². The van der Waals surface area contributed by atoms with Gasteiger partial charge >= 0.3 is 0 Å². The van der Waals surface area contributed by atoms with Crippen LogP contribution in [0.4, 0.5) is 0 Å². The molecule has 0 unspecified atom stereocenters. The van der Waals surface area contributed by atoms with Crippen LogP contribution in [0.2, 0.25) is 5.02 Å². The summed E-state index contributed by atoms with van der Waals surface area (Å²) in [5.74, 6) is 0.643. The van der Waals surface area contributed by atoms with E-state index in [1.165, 1.54) is 0 Å². The Morgan fingerprint density at radius 2 is 2.07 bits per heavy atom. The number of halogens is 1. The van der Waals surface area contributed by atoms with E-state index >= 15 is 0 Å². The summed E-state index contributed by atoms with van der Waals surface area (Å²) in [6.45, 7) is 6.24. The average molecular weight is 213 g/mol. The van der Waals surface area contributed by atoms with Crippen LogP contribution in [-0.4, -0.2) is 12.9 Å². The van der Waals surface area contributed by atoms with Gasteiger partial charge < -0.3 is 4.74 Å². The van der Waals surface area contributed by atoms with Crippen molar-refractivity contribution in [2.24, 2.45) is 0 Å². The van der Waals surface area contributed by atoms with Gasteiger partial charge in [-0.15, -0.1) is 0 Å². The number of carbonyl (C=O) groups is 1. The molecule has 14 heavy (non-hydrogen) atoms. The lowest BCUT2D eigenvalue weighted by Crippen LogP contribution is -2.00. The van der Waals surface area contributed by atoms with Gasteiger partial charge in [-0.1, -0.05) is 11.6 Å². The normalized spacial score (nSPS) is 10.0. The first-order chi connectivity index (χ1) is 6.61. The molecule has 0 N–H and O–H groups in total. The van der Waals surface area contributed by atoms with E-state index in [-0.39, 0.29) is 0 Å². The van der Waals surface area contributed by atoms with E-state index in [0.29, 0.717) is 22.9 Å². The maximum absolute atomic E-state index is 10.8. The highest BCUT2D eigenvalue weighted by Gasteiger charge is 2.11. The van der Waals surface area contributed by atoms with Crippen molar-refractivity contribution in [3.63, 3.8) is 0 Å². The molecular weight excluding hydrogens is 200 g/mol. The lowest BCUT2D eigenvalue weighted by atomic mass is 10.0. The fraction of sp³-hybridized carbons (Fsp3) is 0.364. The lowest BCUT2D eigenvalue weighted by Gasteiger charge is -2.13. The van der Waals surface area contributed by atoms with Gasteiger partial charge in [0.05, 0.1) is 12.2 Å². The molecule has 0 aliphatic heterocycles. The monoisotopic (exact) mass is 212 g/mol. The minimum absolute atomic E-state index is 0.514. The molecule has 0 amide bonds. The molecule has 0 heterocycles. The molecule has 0 atom stereocenters. The molecule has 0 bridgehead atoms. The number of carbonyl (C=O) groups excluding carboxylic acids is 1. The highest BCUT2D eigenvalue weighted by atomic mass is 35.5. The molecule has 0 fully saturated rings. The van der Waals surface area contributed by atoms with E-state index in [1.807, 2.05) is 20.8 Å². The van der Waals surface area contributed by atoms with Gasteiger partial charge in [-0.25, -0.2) is 0 Å². The SMILES string of the molecule is CCOc1c(C=O)cc(Cl)c(C)c1C. The molecule has 0 spiro atoms. The quantitative estimate of drug-likeness (QED) is 0.720. The molecule has 0 radical (unpaired) electrons. The summed E-state index contributed by atoms with van der Waals surface area (Å²) in [6.07, 6.45) is 0.767. The second kappa shape index (κ2) is 4.47. The van der Waals surface area contributed by atoms with Gasteiger partial charge in [-0.05, 0) is 38.0 Å². The first kappa shape index (κ1) is 11.1. The third kappa shape index (κ3) is 1.90. The Morgan fingerprint density at radius 1 is 1.43 bits per heavy atom. The first-order valence-corrected chi connectivity index (χ1v) is 4.87. The Hall–Kier alpha value is -1.02. The smallest absolute Gasteiger partial charge is 0.153 e. The summed E-state index contributed by atoms with van der Waals surface area (Å²) < 4.78 is 5.40. The highest BCUT2D eigenvalue weighted by Crippen LogP contribution is 2.30. The average Bonchev–Trinajstić information content (AvgIpc) is 2.19. The van der Waals surface area contributed by atoms with E-state index in [1.54, 1.807) is 6.07 Å². The summed E-state index contributed by atoms with van der Waals surface area (Å²) in [4.78, 5) is 10.8. The number of ether oxygens (including phenoxy) is 1. The predicted molar refractivity (Wildman–Crippen MR) is 57.5 cm³/mol. The summed E-state index contributed by atoms with van der Waals surface area (Å²) in [5, 5.41) is 0.605. The fourth-order valence-electron chi connectivity index (χ4n) is 1.30. The minimum atomic E-state index is 0.514. The summed E-state index contributed by atoms with van der Waals surface area (Å²) in [5.41, 5.74) is 2.40. The van der Waals surface area contributed by atoms with Crippen molar-refractivity contribution >= 4 is 17.9 Å². The van der Waals surface area contributed by atoms with Crippen molar-refractivity contribution in [1.29, 1.82) is 0 Å². The Balaban J connectivity index is 3.36. The van der Waals surface area contributed by atoms with Crippen molar-refractivity contribution < 1.29 is 9.53 Å². The van der Waals surface area contributed by atoms with Crippen LogP contribution in [0.25, 0.3) is 0 Å². The minimum Gasteiger partial charge on any atom is -0.493 e. The molecule has 1 aromatic carbocycles. The highest BCUT2D eigenvalue weighted by molar-refractivity contribution is 6.31. The number of hydrogen-bond acceptors (Lipinski definition) is 2. The number of rotatable bonds is 3. The van der Waals surface area contributed by atoms with E-state index in [2.05, 4.69) is 0 Å². The molecule has 1 aromatic rings. The summed E-state index contributed by atoms with van der Waals surface area (Å²) in [7, 11) is 0. The molecule has 0 saturated carbocycles. The molecule has 0 aromatic heterocycles. The van der Waals surface area contributed by atoms with Gasteiger partial charge in [0.15, 0.2) is 6.29 Å². The fourth-order valence-corrected chi connectivity index (χ4v) is 1.56. The third-order valence-electron chi connectivity index (χ3n) is 2.22. The Kier molecular flexibility index (Phi) is 3.53. The van der Waals surface area contributed by atoms with Crippen molar-refractivity contribution in [1.82, 2.24) is 0 Å². The summed E-state index contributed by atoms with van der Waals surface area (Å²) >= 11 is 5.96.